The van der Waals surface area contributed by atoms with E-state index >= 15 is 0 Å². The fourth-order valence-electron chi connectivity index (χ4n) is 2.71. The van der Waals surface area contributed by atoms with Crippen molar-refractivity contribution in [3.63, 3.8) is 0 Å². The molecular formula is C14H25N5O. The lowest BCUT2D eigenvalue weighted by Crippen LogP contribution is -2.36. The Morgan fingerprint density at radius 3 is 2.85 bits per heavy atom. The molecule has 0 bridgehead atoms. The van der Waals surface area contributed by atoms with Gasteiger partial charge in [0.15, 0.2) is 0 Å². The zero-order valence-electron chi connectivity index (χ0n) is 12.5. The number of hydrogen-bond acceptors (Lipinski definition) is 4. The second kappa shape index (κ2) is 7.38. The molecule has 1 unspecified atom stereocenters. The minimum absolute atomic E-state index is 0.0565. The van der Waals surface area contributed by atoms with Gasteiger partial charge in [-0.1, -0.05) is 13.8 Å². The molecule has 0 spiro atoms. The molecule has 0 aliphatic heterocycles. The molecule has 0 fully saturated rings. The number of amides is 1. The van der Waals surface area contributed by atoms with Gasteiger partial charge in [-0.15, -0.1) is 0 Å². The van der Waals surface area contributed by atoms with Gasteiger partial charge in [-0.2, -0.15) is 15.4 Å². The Morgan fingerprint density at radius 2 is 2.10 bits per heavy atom. The van der Waals surface area contributed by atoms with E-state index in [4.69, 9.17) is 0 Å². The van der Waals surface area contributed by atoms with Crippen LogP contribution in [-0.4, -0.2) is 52.4 Å². The SMILES string of the molecule is CCN(CC)CCCNC(=O)C1CCc2n[nH]nc2C1. The fraction of sp³-hybridized carbons (Fsp3) is 0.786. The van der Waals surface area contributed by atoms with Crippen molar-refractivity contribution in [3.05, 3.63) is 11.4 Å². The van der Waals surface area contributed by atoms with Gasteiger partial charge in [0, 0.05) is 18.9 Å². The number of fused-ring (bicyclic) bond motifs is 1. The zero-order valence-corrected chi connectivity index (χ0v) is 12.5. The van der Waals surface area contributed by atoms with E-state index in [1.54, 1.807) is 0 Å². The molecule has 20 heavy (non-hydrogen) atoms. The summed E-state index contributed by atoms with van der Waals surface area (Å²) in [5, 5.41) is 13.9. The number of carbonyl (C=O) groups is 1. The van der Waals surface area contributed by atoms with Gasteiger partial charge in [-0.3, -0.25) is 4.79 Å². The normalized spacial score (nSPS) is 18.1. The van der Waals surface area contributed by atoms with E-state index in [1.165, 1.54) is 0 Å². The topological polar surface area (TPSA) is 73.9 Å². The summed E-state index contributed by atoms with van der Waals surface area (Å²) >= 11 is 0. The maximum absolute atomic E-state index is 12.1. The van der Waals surface area contributed by atoms with Gasteiger partial charge in [-0.25, -0.2) is 0 Å². The summed E-state index contributed by atoms with van der Waals surface area (Å²) in [6.45, 7) is 8.28. The van der Waals surface area contributed by atoms with Crippen molar-refractivity contribution in [1.82, 2.24) is 25.6 Å². The van der Waals surface area contributed by atoms with Crippen molar-refractivity contribution >= 4 is 5.91 Å². The molecule has 1 atom stereocenters. The van der Waals surface area contributed by atoms with Crippen LogP contribution < -0.4 is 5.32 Å². The van der Waals surface area contributed by atoms with Crippen molar-refractivity contribution in [2.24, 2.45) is 5.92 Å². The average molecular weight is 279 g/mol. The number of rotatable bonds is 7. The van der Waals surface area contributed by atoms with Gasteiger partial charge >= 0.3 is 0 Å². The molecule has 0 saturated carbocycles. The average Bonchev–Trinajstić information content (AvgIpc) is 2.94. The third-order valence-electron chi connectivity index (χ3n) is 4.09. The molecule has 6 heteroatoms. The van der Waals surface area contributed by atoms with Crippen molar-refractivity contribution in [3.8, 4) is 0 Å². The van der Waals surface area contributed by atoms with Gasteiger partial charge in [-0.05, 0) is 38.9 Å². The lowest BCUT2D eigenvalue weighted by atomic mass is 9.89. The highest BCUT2D eigenvalue weighted by Crippen LogP contribution is 2.22. The molecular weight excluding hydrogens is 254 g/mol. The highest BCUT2D eigenvalue weighted by Gasteiger charge is 2.26. The molecule has 1 amide bonds. The van der Waals surface area contributed by atoms with Crippen molar-refractivity contribution < 1.29 is 4.79 Å². The molecule has 1 aromatic heterocycles. The first-order chi connectivity index (χ1) is 9.74. The lowest BCUT2D eigenvalue weighted by Gasteiger charge is -2.21. The first kappa shape index (κ1) is 15.0. The third-order valence-corrected chi connectivity index (χ3v) is 4.09. The summed E-state index contributed by atoms with van der Waals surface area (Å²) in [5.74, 6) is 0.222. The monoisotopic (exact) mass is 279 g/mol. The number of aromatic amines is 1. The quantitative estimate of drug-likeness (QED) is 0.723. The van der Waals surface area contributed by atoms with E-state index in [9.17, 15) is 4.79 Å². The largest absolute Gasteiger partial charge is 0.356 e. The van der Waals surface area contributed by atoms with E-state index < -0.39 is 0 Å². The molecule has 0 saturated heterocycles. The summed E-state index contributed by atoms with van der Waals surface area (Å²) < 4.78 is 0. The summed E-state index contributed by atoms with van der Waals surface area (Å²) in [6, 6.07) is 0. The molecule has 2 rings (SSSR count). The smallest absolute Gasteiger partial charge is 0.223 e. The molecule has 1 aromatic rings. The van der Waals surface area contributed by atoms with E-state index in [2.05, 4.69) is 39.5 Å². The van der Waals surface area contributed by atoms with Crippen LogP contribution in [0.4, 0.5) is 0 Å². The minimum atomic E-state index is 0.0565. The van der Waals surface area contributed by atoms with Crippen LogP contribution in [0.15, 0.2) is 0 Å². The van der Waals surface area contributed by atoms with E-state index in [0.717, 1.165) is 56.8 Å². The van der Waals surface area contributed by atoms with Gasteiger partial charge in [0.05, 0.1) is 11.4 Å². The van der Waals surface area contributed by atoms with Crippen LogP contribution in [0.5, 0.6) is 0 Å². The Hall–Kier alpha value is -1.43. The Balaban J connectivity index is 1.68. The molecule has 1 aliphatic rings. The third kappa shape index (κ3) is 3.79. The summed E-state index contributed by atoms with van der Waals surface area (Å²) in [7, 11) is 0. The van der Waals surface area contributed by atoms with Crippen molar-refractivity contribution in [1.29, 1.82) is 0 Å². The summed E-state index contributed by atoms with van der Waals surface area (Å²) in [6.07, 6.45) is 3.45. The molecule has 112 valence electrons. The molecule has 6 nitrogen and oxygen atoms in total. The van der Waals surface area contributed by atoms with Crippen LogP contribution >= 0.6 is 0 Å². The molecule has 2 N–H and O–H groups in total. The van der Waals surface area contributed by atoms with E-state index in [1.807, 2.05) is 0 Å². The number of carbonyl (C=O) groups excluding carboxylic acids is 1. The molecule has 1 heterocycles. The fourth-order valence-corrected chi connectivity index (χ4v) is 2.71. The second-order valence-corrected chi connectivity index (χ2v) is 5.33. The molecule has 0 aromatic carbocycles. The maximum Gasteiger partial charge on any atom is 0.223 e. The van der Waals surface area contributed by atoms with Gasteiger partial charge < -0.3 is 10.2 Å². The van der Waals surface area contributed by atoms with Crippen LogP contribution in [0, 0.1) is 5.92 Å². The Bertz CT molecular complexity index is 427. The minimum Gasteiger partial charge on any atom is -0.356 e. The maximum atomic E-state index is 12.1. The van der Waals surface area contributed by atoms with Crippen LogP contribution in [0.3, 0.4) is 0 Å². The van der Waals surface area contributed by atoms with Crippen LogP contribution in [0.1, 0.15) is 38.1 Å². The van der Waals surface area contributed by atoms with Crippen LogP contribution in [0.2, 0.25) is 0 Å². The van der Waals surface area contributed by atoms with E-state index in [-0.39, 0.29) is 11.8 Å². The summed E-state index contributed by atoms with van der Waals surface area (Å²) in [4.78, 5) is 14.5. The number of aromatic nitrogens is 3. The summed E-state index contributed by atoms with van der Waals surface area (Å²) in [5.41, 5.74) is 1.98. The standard InChI is InChI=1S/C14H25N5O/c1-3-19(4-2)9-5-8-15-14(20)11-6-7-12-13(10-11)17-18-16-12/h11H,3-10H2,1-2H3,(H,15,20)(H,16,17,18). The van der Waals surface area contributed by atoms with Gasteiger partial charge in [0.2, 0.25) is 5.91 Å². The predicted octanol–water partition coefficient (Wildman–Crippen LogP) is 0.758. The van der Waals surface area contributed by atoms with Crippen molar-refractivity contribution in [2.75, 3.05) is 26.2 Å². The van der Waals surface area contributed by atoms with Gasteiger partial charge in [0.25, 0.3) is 0 Å². The number of H-pyrrole nitrogens is 1. The molecule has 1 aliphatic carbocycles. The Labute approximate surface area is 120 Å². The number of hydrogen-bond donors (Lipinski definition) is 2. The van der Waals surface area contributed by atoms with Crippen LogP contribution in [-0.2, 0) is 17.6 Å². The van der Waals surface area contributed by atoms with Gasteiger partial charge in [0.1, 0.15) is 0 Å². The zero-order chi connectivity index (χ0) is 14.4. The number of nitrogens with zero attached hydrogens (tertiary/aromatic N) is 3. The number of aryl methyl sites for hydroxylation is 1. The van der Waals surface area contributed by atoms with Crippen molar-refractivity contribution in [2.45, 2.75) is 39.5 Å². The Kier molecular flexibility index (Phi) is 5.52. The second-order valence-electron chi connectivity index (χ2n) is 5.33. The number of nitrogens with one attached hydrogen (secondary N) is 2. The molecule has 0 radical (unpaired) electrons. The first-order valence-electron chi connectivity index (χ1n) is 7.63. The van der Waals surface area contributed by atoms with Crippen LogP contribution in [0.25, 0.3) is 0 Å². The Morgan fingerprint density at radius 1 is 1.35 bits per heavy atom. The predicted molar refractivity (Wildman–Crippen MR) is 77.3 cm³/mol. The van der Waals surface area contributed by atoms with E-state index in [0.29, 0.717) is 6.42 Å². The highest BCUT2D eigenvalue weighted by molar-refractivity contribution is 5.79. The first-order valence-corrected chi connectivity index (χ1v) is 7.63. The lowest BCUT2D eigenvalue weighted by molar-refractivity contribution is -0.125. The highest BCUT2D eigenvalue weighted by atomic mass is 16.1.